The third kappa shape index (κ3) is 5.55. The van der Waals surface area contributed by atoms with Crippen LogP contribution in [0.3, 0.4) is 0 Å². The van der Waals surface area contributed by atoms with Gasteiger partial charge in [0, 0.05) is 49.1 Å². The fourth-order valence-corrected chi connectivity index (χ4v) is 9.54. The van der Waals surface area contributed by atoms with Crippen LogP contribution in [0, 0.1) is 0 Å². The first-order valence-corrected chi connectivity index (χ1v) is 21.2. The maximum atomic E-state index is 6.93. The van der Waals surface area contributed by atoms with Crippen LogP contribution in [0.15, 0.2) is 217 Å². The molecule has 6 heteroatoms. The average Bonchev–Trinajstić information content (AvgIpc) is 4.02. The predicted molar refractivity (Wildman–Crippen MR) is 258 cm³/mol. The summed E-state index contributed by atoms with van der Waals surface area (Å²) >= 11 is 0. The molecule has 4 aromatic heterocycles. The Bertz CT molecular complexity index is 3810. The van der Waals surface area contributed by atoms with Gasteiger partial charge in [0.15, 0.2) is 17.5 Å². The van der Waals surface area contributed by atoms with E-state index >= 15 is 0 Å². The molecule has 294 valence electrons. The number of rotatable bonds is 6. The van der Waals surface area contributed by atoms with Crippen molar-refractivity contribution in [3.8, 4) is 56.7 Å². The minimum atomic E-state index is 0.519. The second-order valence-electron chi connectivity index (χ2n) is 16.0. The van der Waals surface area contributed by atoms with E-state index in [2.05, 4.69) is 197 Å². The monoisotopic (exact) mass is 805 g/mol. The topological polar surface area (TPSA) is 61.7 Å². The maximum absolute atomic E-state index is 6.93. The van der Waals surface area contributed by atoms with Crippen LogP contribution in [0.1, 0.15) is 0 Å². The summed E-state index contributed by atoms with van der Waals surface area (Å²) < 4.78 is 11.6. The normalized spacial score (nSPS) is 11.8. The fraction of sp³-hybridized carbons (Fsp3) is 0. The number of furan rings is 1. The highest BCUT2D eigenvalue weighted by Crippen LogP contribution is 2.42. The molecule has 0 unspecified atom stereocenters. The smallest absolute Gasteiger partial charge is 0.167 e. The summed E-state index contributed by atoms with van der Waals surface area (Å²) in [5.74, 6) is 1.66. The lowest BCUT2D eigenvalue weighted by molar-refractivity contribution is 0.669. The Labute approximate surface area is 361 Å². The van der Waals surface area contributed by atoms with Gasteiger partial charge in [-0.15, -0.1) is 0 Å². The summed E-state index contributed by atoms with van der Waals surface area (Å²) in [5, 5.41) is 6.75. The van der Waals surface area contributed by atoms with Gasteiger partial charge in [-0.3, -0.25) is 0 Å². The van der Waals surface area contributed by atoms with Crippen molar-refractivity contribution < 1.29 is 4.42 Å². The van der Waals surface area contributed by atoms with Crippen molar-refractivity contribution in [1.29, 1.82) is 0 Å². The highest BCUT2D eigenvalue weighted by molar-refractivity contribution is 6.14. The molecular weight excluding hydrogens is 771 g/mol. The van der Waals surface area contributed by atoms with Crippen molar-refractivity contribution in [2.45, 2.75) is 0 Å². The van der Waals surface area contributed by atoms with Gasteiger partial charge in [-0.25, -0.2) is 15.0 Å². The van der Waals surface area contributed by atoms with Gasteiger partial charge in [0.05, 0.1) is 33.3 Å². The van der Waals surface area contributed by atoms with Crippen LogP contribution in [0.25, 0.3) is 122 Å². The third-order valence-corrected chi connectivity index (χ3v) is 12.4. The van der Waals surface area contributed by atoms with Crippen molar-refractivity contribution in [3.63, 3.8) is 0 Å². The number of hydrogen-bond acceptors (Lipinski definition) is 4. The molecule has 13 aromatic rings. The first-order chi connectivity index (χ1) is 31.2. The molecule has 63 heavy (non-hydrogen) atoms. The quantitative estimate of drug-likeness (QED) is 0.168. The molecule has 0 amide bonds. The number of para-hydroxylation sites is 5. The number of nitrogens with zero attached hydrogens (tertiary/aromatic N) is 5. The number of hydrogen-bond donors (Lipinski definition) is 0. The molecule has 0 N–H and O–H groups in total. The Hall–Kier alpha value is -8.61. The van der Waals surface area contributed by atoms with Gasteiger partial charge in [-0.2, -0.15) is 0 Å². The Morgan fingerprint density at radius 3 is 1.43 bits per heavy atom. The van der Waals surface area contributed by atoms with Crippen LogP contribution < -0.4 is 0 Å². The van der Waals surface area contributed by atoms with E-state index in [1.165, 1.54) is 21.5 Å². The molecule has 0 saturated carbocycles. The van der Waals surface area contributed by atoms with Gasteiger partial charge >= 0.3 is 0 Å². The molecule has 0 fully saturated rings. The zero-order valence-electron chi connectivity index (χ0n) is 33.9. The molecule has 0 aliphatic carbocycles. The van der Waals surface area contributed by atoms with Crippen LogP contribution in [0.5, 0.6) is 0 Å². The zero-order valence-corrected chi connectivity index (χ0v) is 33.9. The minimum Gasteiger partial charge on any atom is -0.455 e. The second kappa shape index (κ2) is 14.0. The lowest BCUT2D eigenvalue weighted by Crippen LogP contribution is -2.04. The Morgan fingerprint density at radius 2 is 0.810 bits per heavy atom. The average molecular weight is 806 g/mol. The summed E-state index contributed by atoms with van der Waals surface area (Å²) in [6.45, 7) is 0. The Balaban J connectivity index is 1.12. The van der Waals surface area contributed by atoms with Gasteiger partial charge in [0.2, 0.25) is 0 Å². The summed E-state index contributed by atoms with van der Waals surface area (Å²) in [7, 11) is 0. The van der Waals surface area contributed by atoms with E-state index in [1.807, 2.05) is 24.3 Å². The molecule has 9 aromatic carbocycles. The van der Waals surface area contributed by atoms with Crippen molar-refractivity contribution in [2.75, 3.05) is 0 Å². The summed E-state index contributed by atoms with van der Waals surface area (Å²) in [6.07, 6.45) is 0. The van der Waals surface area contributed by atoms with Gasteiger partial charge < -0.3 is 13.6 Å². The molecule has 0 aliphatic heterocycles. The van der Waals surface area contributed by atoms with Crippen molar-refractivity contribution >= 4 is 65.6 Å². The van der Waals surface area contributed by atoms with Crippen molar-refractivity contribution in [3.05, 3.63) is 212 Å². The first kappa shape index (κ1) is 35.2. The highest BCUT2D eigenvalue weighted by Gasteiger charge is 2.23. The number of fused-ring (bicyclic) bond motifs is 9. The third-order valence-electron chi connectivity index (χ3n) is 12.4. The lowest BCUT2D eigenvalue weighted by atomic mass is 10.0. The molecule has 0 aliphatic rings. The van der Waals surface area contributed by atoms with E-state index in [0.29, 0.717) is 23.1 Å². The van der Waals surface area contributed by atoms with Crippen molar-refractivity contribution in [1.82, 2.24) is 24.1 Å². The van der Waals surface area contributed by atoms with Crippen LogP contribution >= 0.6 is 0 Å². The highest BCUT2D eigenvalue weighted by atomic mass is 16.3. The van der Waals surface area contributed by atoms with Gasteiger partial charge in [0.25, 0.3) is 0 Å². The molecule has 0 radical (unpaired) electrons. The SMILES string of the molecule is c1ccc(-c2ccc3oc4c(-c5nc(-c6ccccc6)nc(-c6ccccc6-n6c7ccccc7c7ccccc76)n5)cc(-n5c6ccccc6c6ccccc65)cc4c3c2)cc1. The van der Waals surface area contributed by atoms with Crippen LogP contribution in [-0.2, 0) is 0 Å². The van der Waals surface area contributed by atoms with Crippen LogP contribution in [0.2, 0.25) is 0 Å². The lowest BCUT2D eigenvalue weighted by Gasteiger charge is -2.15. The predicted octanol–water partition coefficient (Wildman–Crippen LogP) is 14.6. The zero-order chi connectivity index (χ0) is 41.4. The molecule has 0 bridgehead atoms. The van der Waals surface area contributed by atoms with Crippen LogP contribution in [-0.4, -0.2) is 24.1 Å². The van der Waals surface area contributed by atoms with Crippen molar-refractivity contribution in [2.24, 2.45) is 0 Å². The summed E-state index contributed by atoms with van der Waals surface area (Å²) in [5.41, 5.74) is 12.7. The number of aromatic nitrogens is 5. The first-order valence-electron chi connectivity index (χ1n) is 21.2. The van der Waals surface area contributed by atoms with E-state index < -0.39 is 0 Å². The van der Waals surface area contributed by atoms with E-state index in [1.54, 1.807) is 0 Å². The summed E-state index contributed by atoms with van der Waals surface area (Å²) in [6, 6.07) is 74.3. The standard InChI is InChI=1S/C57H35N5O/c1-3-17-36(18-4-1)38-31-32-53-45(33-38)46-34-39(61-48-26-12-7-21-40(48)41-22-8-13-27-49(41)61)35-47(54(46)63-53)57-59-55(37-19-5-2-6-20-37)58-56(60-57)44-25-11-16-30-52(44)62-50-28-14-9-23-42(50)43-24-10-15-29-51(43)62/h1-35H. The molecule has 0 saturated heterocycles. The largest absolute Gasteiger partial charge is 0.455 e. The number of benzene rings is 9. The second-order valence-corrected chi connectivity index (χ2v) is 16.0. The molecule has 13 rings (SSSR count). The van der Waals surface area contributed by atoms with Gasteiger partial charge in [0.1, 0.15) is 11.2 Å². The van der Waals surface area contributed by atoms with E-state index in [9.17, 15) is 0 Å². The van der Waals surface area contributed by atoms with E-state index in [-0.39, 0.29) is 0 Å². The Kier molecular flexibility index (Phi) is 7.80. The molecule has 0 spiro atoms. The van der Waals surface area contributed by atoms with Gasteiger partial charge in [-0.05, 0) is 71.8 Å². The summed E-state index contributed by atoms with van der Waals surface area (Å²) in [4.78, 5) is 16.1. The van der Waals surface area contributed by atoms with E-state index in [4.69, 9.17) is 19.4 Å². The minimum absolute atomic E-state index is 0.519. The maximum Gasteiger partial charge on any atom is 0.167 e. The molecular formula is C57H35N5O. The Morgan fingerprint density at radius 1 is 0.317 bits per heavy atom. The molecule has 6 nitrogen and oxygen atoms in total. The molecule has 0 atom stereocenters. The van der Waals surface area contributed by atoms with E-state index in [0.717, 1.165) is 77.6 Å². The van der Waals surface area contributed by atoms with Gasteiger partial charge in [-0.1, -0.05) is 152 Å². The van der Waals surface area contributed by atoms with Crippen LogP contribution in [0.4, 0.5) is 0 Å². The molecule has 4 heterocycles. The fourth-order valence-electron chi connectivity index (χ4n) is 9.54.